The van der Waals surface area contributed by atoms with Crippen LogP contribution in [0.4, 0.5) is 4.79 Å². The lowest BCUT2D eigenvalue weighted by atomic mass is 9.76. The van der Waals surface area contributed by atoms with Crippen LogP contribution in [0.15, 0.2) is 36.5 Å². The van der Waals surface area contributed by atoms with E-state index in [2.05, 4.69) is 15.3 Å². The molecule has 1 aromatic carbocycles. The number of aromatic amines is 1. The molecule has 3 N–H and O–H groups in total. The van der Waals surface area contributed by atoms with E-state index in [9.17, 15) is 9.59 Å². The van der Waals surface area contributed by atoms with Crippen LogP contribution < -0.4 is 5.32 Å². The van der Waals surface area contributed by atoms with Gasteiger partial charge in [0, 0.05) is 0 Å². The predicted molar refractivity (Wildman–Crippen MR) is 80.8 cm³/mol. The Morgan fingerprint density at radius 1 is 1.30 bits per heavy atom. The number of aromatic nitrogens is 2. The van der Waals surface area contributed by atoms with E-state index in [0.717, 1.165) is 12.0 Å². The van der Waals surface area contributed by atoms with Crippen LogP contribution in [-0.4, -0.2) is 27.1 Å². The van der Waals surface area contributed by atoms with Gasteiger partial charge in [-0.3, -0.25) is 0 Å². The largest absolute Gasteiger partial charge is 0.477 e. The van der Waals surface area contributed by atoms with Crippen LogP contribution in [0.3, 0.4) is 0 Å². The lowest BCUT2D eigenvalue weighted by molar-refractivity contribution is 0.0690. The van der Waals surface area contributed by atoms with Gasteiger partial charge in [-0.05, 0) is 24.8 Å². The molecule has 23 heavy (non-hydrogen) atoms. The molecular formula is C16H17N3O4. The number of ether oxygens (including phenoxy) is 1. The lowest BCUT2D eigenvalue weighted by Crippen LogP contribution is -2.51. The fraction of sp³-hybridized carbons (Fsp3) is 0.312. The molecular weight excluding hydrogens is 298 g/mol. The van der Waals surface area contributed by atoms with Crippen molar-refractivity contribution in [1.29, 1.82) is 0 Å². The Labute approximate surface area is 132 Å². The van der Waals surface area contributed by atoms with Crippen LogP contribution >= 0.6 is 0 Å². The third kappa shape index (κ3) is 3.18. The molecule has 0 atom stereocenters. The summed E-state index contributed by atoms with van der Waals surface area (Å²) < 4.78 is 5.23. The second-order valence-electron chi connectivity index (χ2n) is 5.57. The van der Waals surface area contributed by atoms with E-state index >= 15 is 0 Å². The van der Waals surface area contributed by atoms with Gasteiger partial charge in [0.15, 0.2) is 0 Å². The molecule has 1 aliphatic carbocycles. The Morgan fingerprint density at radius 3 is 2.61 bits per heavy atom. The van der Waals surface area contributed by atoms with Gasteiger partial charge >= 0.3 is 12.1 Å². The van der Waals surface area contributed by atoms with Crippen molar-refractivity contribution in [2.45, 2.75) is 31.4 Å². The maximum Gasteiger partial charge on any atom is 0.408 e. The molecule has 1 aromatic heterocycles. The molecule has 7 heteroatoms. The first-order valence-corrected chi connectivity index (χ1v) is 7.37. The molecule has 0 spiro atoms. The van der Waals surface area contributed by atoms with Gasteiger partial charge in [0.1, 0.15) is 23.7 Å². The Balaban J connectivity index is 1.64. The zero-order chi connectivity index (χ0) is 16.3. The van der Waals surface area contributed by atoms with Gasteiger partial charge in [-0.15, -0.1) is 0 Å². The molecule has 0 radical (unpaired) electrons. The fourth-order valence-electron chi connectivity index (χ4n) is 2.58. The number of carboxylic acids is 1. The van der Waals surface area contributed by atoms with Gasteiger partial charge in [0.2, 0.25) is 0 Å². The van der Waals surface area contributed by atoms with E-state index in [4.69, 9.17) is 9.84 Å². The van der Waals surface area contributed by atoms with Gasteiger partial charge in [-0.1, -0.05) is 30.3 Å². The first-order valence-electron chi connectivity index (χ1n) is 7.37. The molecule has 1 amide bonds. The van der Waals surface area contributed by atoms with Gasteiger partial charge in [-0.25, -0.2) is 14.6 Å². The van der Waals surface area contributed by atoms with Crippen LogP contribution in [0.25, 0.3) is 0 Å². The number of nitrogens with one attached hydrogen (secondary N) is 2. The number of carboxylic acid groups (broad SMARTS) is 1. The van der Waals surface area contributed by atoms with Crippen LogP contribution in [0, 0.1) is 0 Å². The van der Waals surface area contributed by atoms with Crippen LogP contribution in [-0.2, 0) is 16.9 Å². The molecule has 0 unspecified atom stereocenters. The highest BCUT2D eigenvalue weighted by Gasteiger charge is 2.43. The van der Waals surface area contributed by atoms with E-state index in [0.29, 0.717) is 18.7 Å². The number of amides is 1. The summed E-state index contributed by atoms with van der Waals surface area (Å²) in [7, 11) is 0. The number of carbonyl (C=O) groups excluding carboxylic acids is 1. The summed E-state index contributed by atoms with van der Waals surface area (Å²) in [5, 5.41) is 11.8. The number of H-pyrrole nitrogens is 1. The molecule has 0 bridgehead atoms. The van der Waals surface area contributed by atoms with Crippen molar-refractivity contribution < 1.29 is 19.4 Å². The van der Waals surface area contributed by atoms with Crippen LogP contribution in [0.5, 0.6) is 0 Å². The van der Waals surface area contributed by atoms with Gasteiger partial charge in [0.05, 0.1) is 6.20 Å². The normalized spacial score (nSPS) is 15.5. The van der Waals surface area contributed by atoms with Crippen molar-refractivity contribution >= 4 is 12.1 Å². The molecule has 120 valence electrons. The minimum atomic E-state index is -1.08. The number of hydrogen-bond donors (Lipinski definition) is 3. The topological polar surface area (TPSA) is 104 Å². The number of alkyl carbamates (subject to hydrolysis) is 1. The summed E-state index contributed by atoms with van der Waals surface area (Å²) in [4.78, 5) is 29.8. The van der Waals surface area contributed by atoms with E-state index < -0.39 is 17.6 Å². The molecule has 1 aliphatic rings. The Bertz CT molecular complexity index is 707. The fourth-order valence-corrected chi connectivity index (χ4v) is 2.58. The number of aromatic carboxylic acids is 1. The number of imidazole rings is 1. The third-order valence-electron chi connectivity index (χ3n) is 4.02. The Morgan fingerprint density at radius 2 is 2.04 bits per heavy atom. The van der Waals surface area contributed by atoms with Crippen molar-refractivity contribution in [3.8, 4) is 0 Å². The van der Waals surface area contributed by atoms with E-state index in [1.54, 1.807) is 0 Å². The molecule has 1 saturated carbocycles. The molecule has 7 nitrogen and oxygen atoms in total. The summed E-state index contributed by atoms with van der Waals surface area (Å²) >= 11 is 0. The standard InChI is InChI=1S/C16H17N3O4/c20-13(21)12-9-17-14(18-12)16(7-4-8-16)19-15(22)23-10-11-5-2-1-3-6-11/h1-3,5-6,9H,4,7-8,10H2,(H,17,18)(H,19,22)(H,20,21). The minimum Gasteiger partial charge on any atom is -0.477 e. The summed E-state index contributed by atoms with van der Waals surface area (Å²) in [6.45, 7) is 0.182. The Hall–Kier alpha value is -2.83. The van der Waals surface area contributed by atoms with Crippen molar-refractivity contribution in [3.05, 3.63) is 53.6 Å². The smallest absolute Gasteiger partial charge is 0.408 e. The quantitative estimate of drug-likeness (QED) is 0.786. The van der Waals surface area contributed by atoms with E-state index in [1.165, 1.54) is 6.20 Å². The highest BCUT2D eigenvalue weighted by Crippen LogP contribution is 2.39. The molecule has 3 rings (SSSR count). The number of hydrogen-bond acceptors (Lipinski definition) is 4. The predicted octanol–water partition coefficient (Wildman–Crippen LogP) is 2.41. The zero-order valence-electron chi connectivity index (χ0n) is 12.4. The average Bonchev–Trinajstić information content (AvgIpc) is 3.00. The monoisotopic (exact) mass is 315 g/mol. The minimum absolute atomic E-state index is 0.00530. The van der Waals surface area contributed by atoms with Crippen LogP contribution in [0.1, 0.15) is 41.1 Å². The number of benzene rings is 1. The second kappa shape index (κ2) is 6.12. The third-order valence-corrected chi connectivity index (χ3v) is 4.02. The van der Waals surface area contributed by atoms with Crippen molar-refractivity contribution in [3.63, 3.8) is 0 Å². The summed E-state index contributed by atoms with van der Waals surface area (Å²) in [5.41, 5.74) is 0.240. The second-order valence-corrected chi connectivity index (χ2v) is 5.57. The van der Waals surface area contributed by atoms with Gasteiger partial charge in [-0.2, -0.15) is 0 Å². The molecule has 1 heterocycles. The summed E-state index contributed by atoms with van der Waals surface area (Å²) in [6.07, 6.45) is 3.04. The number of rotatable bonds is 5. The number of nitrogens with zero attached hydrogens (tertiary/aromatic N) is 1. The first-order chi connectivity index (χ1) is 11.1. The van der Waals surface area contributed by atoms with Crippen molar-refractivity contribution in [2.75, 3.05) is 0 Å². The molecule has 0 saturated heterocycles. The Kier molecular flexibility index (Phi) is 4.01. The first kappa shape index (κ1) is 15.1. The summed E-state index contributed by atoms with van der Waals surface area (Å²) in [6, 6.07) is 9.39. The highest BCUT2D eigenvalue weighted by atomic mass is 16.5. The SMILES string of the molecule is O=C(NC1(c2ncc(C(=O)O)[nH]2)CCC1)OCc1ccccc1. The summed E-state index contributed by atoms with van der Waals surface area (Å²) in [5.74, 6) is -0.623. The van der Waals surface area contributed by atoms with Crippen molar-refractivity contribution in [1.82, 2.24) is 15.3 Å². The highest BCUT2D eigenvalue weighted by molar-refractivity contribution is 5.85. The number of carbonyl (C=O) groups is 2. The van der Waals surface area contributed by atoms with Crippen molar-refractivity contribution in [2.24, 2.45) is 0 Å². The van der Waals surface area contributed by atoms with E-state index in [1.807, 2.05) is 30.3 Å². The van der Waals surface area contributed by atoms with Gasteiger partial charge < -0.3 is 20.1 Å². The average molecular weight is 315 g/mol. The molecule has 0 aliphatic heterocycles. The molecule has 1 fully saturated rings. The zero-order valence-corrected chi connectivity index (χ0v) is 12.4. The lowest BCUT2D eigenvalue weighted by Gasteiger charge is -2.40. The van der Waals surface area contributed by atoms with Gasteiger partial charge in [0.25, 0.3) is 0 Å². The maximum absolute atomic E-state index is 12.0. The maximum atomic E-state index is 12.0. The van der Waals surface area contributed by atoms with E-state index in [-0.39, 0.29) is 12.3 Å². The van der Waals surface area contributed by atoms with Crippen LogP contribution in [0.2, 0.25) is 0 Å². The molecule has 2 aromatic rings.